The number of hydrogen-bond acceptors (Lipinski definition) is 6. The minimum Gasteiger partial charge on any atom is -0.399 e. The number of aromatic nitrogens is 2. The molecule has 2 heterocycles. The van der Waals surface area contributed by atoms with Crippen molar-refractivity contribution < 1.29 is 8.42 Å². The van der Waals surface area contributed by atoms with Gasteiger partial charge in [-0.3, -0.25) is 0 Å². The van der Waals surface area contributed by atoms with Gasteiger partial charge in [-0.1, -0.05) is 0 Å². The largest absolute Gasteiger partial charge is 0.399 e. The normalized spacial score (nSPS) is 18.9. The number of nitrogens with zero attached hydrogens (tertiary/aromatic N) is 3. The highest BCUT2D eigenvalue weighted by Gasteiger charge is 2.21. The number of rotatable bonds is 1. The summed E-state index contributed by atoms with van der Waals surface area (Å²) in [5.74, 6) is 1.18. The van der Waals surface area contributed by atoms with E-state index in [1.165, 1.54) is 6.33 Å². The molecule has 1 aliphatic heterocycles. The number of hydrogen-bond donors (Lipinski definition) is 1. The average Bonchev–Trinajstić information content (AvgIpc) is 2.59. The maximum Gasteiger partial charge on any atom is 0.152 e. The third kappa shape index (κ3) is 2.53. The molecule has 1 aromatic heterocycles. The van der Waals surface area contributed by atoms with Crippen LogP contribution in [0.25, 0.3) is 10.9 Å². The monoisotopic (exact) mass is 292 g/mol. The molecule has 0 saturated carbocycles. The number of nitrogen functional groups attached to an aromatic ring is 1. The predicted octanol–water partition coefficient (Wildman–Crippen LogP) is 0.837. The molecule has 1 fully saturated rings. The number of anilines is 2. The van der Waals surface area contributed by atoms with Gasteiger partial charge in [0.25, 0.3) is 0 Å². The van der Waals surface area contributed by atoms with Crippen LogP contribution in [0.1, 0.15) is 6.42 Å². The SMILES string of the molecule is Nc1ccc2ncnc(N3CCCS(=O)(=O)CC3)c2c1. The highest BCUT2D eigenvalue weighted by atomic mass is 32.2. The molecule has 0 spiro atoms. The first kappa shape index (κ1) is 13.1. The first-order chi connectivity index (χ1) is 9.55. The second-order valence-electron chi connectivity index (χ2n) is 4.97. The summed E-state index contributed by atoms with van der Waals surface area (Å²) in [5.41, 5.74) is 7.29. The molecule has 7 heteroatoms. The molecule has 1 saturated heterocycles. The lowest BCUT2D eigenvalue weighted by Gasteiger charge is -2.22. The van der Waals surface area contributed by atoms with Crippen LogP contribution in [-0.2, 0) is 9.84 Å². The van der Waals surface area contributed by atoms with Gasteiger partial charge in [-0.2, -0.15) is 0 Å². The van der Waals surface area contributed by atoms with Crippen LogP contribution in [0.5, 0.6) is 0 Å². The zero-order valence-electron chi connectivity index (χ0n) is 11.0. The molecular weight excluding hydrogens is 276 g/mol. The average molecular weight is 292 g/mol. The first-order valence-corrected chi connectivity index (χ1v) is 8.33. The molecule has 2 N–H and O–H groups in total. The summed E-state index contributed by atoms with van der Waals surface area (Å²) >= 11 is 0. The van der Waals surface area contributed by atoms with E-state index in [2.05, 4.69) is 9.97 Å². The van der Waals surface area contributed by atoms with Crippen molar-refractivity contribution in [3.8, 4) is 0 Å². The van der Waals surface area contributed by atoms with Gasteiger partial charge in [-0.25, -0.2) is 18.4 Å². The van der Waals surface area contributed by atoms with E-state index in [1.54, 1.807) is 6.07 Å². The molecule has 0 aliphatic carbocycles. The van der Waals surface area contributed by atoms with Crippen molar-refractivity contribution in [2.24, 2.45) is 0 Å². The molecule has 0 unspecified atom stereocenters. The van der Waals surface area contributed by atoms with Gasteiger partial charge < -0.3 is 10.6 Å². The topological polar surface area (TPSA) is 89.2 Å². The lowest BCUT2D eigenvalue weighted by Crippen LogP contribution is -2.27. The van der Waals surface area contributed by atoms with Gasteiger partial charge in [0.2, 0.25) is 0 Å². The summed E-state index contributed by atoms with van der Waals surface area (Å²) in [4.78, 5) is 10.6. The summed E-state index contributed by atoms with van der Waals surface area (Å²) < 4.78 is 23.4. The van der Waals surface area contributed by atoms with E-state index in [0.717, 1.165) is 16.7 Å². The van der Waals surface area contributed by atoms with Crippen LogP contribution < -0.4 is 10.6 Å². The van der Waals surface area contributed by atoms with E-state index in [4.69, 9.17) is 5.73 Å². The van der Waals surface area contributed by atoms with Crippen molar-refractivity contribution in [2.75, 3.05) is 35.2 Å². The van der Waals surface area contributed by atoms with Crippen molar-refractivity contribution in [3.63, 3.8) is 0 Å². The van der Waals surface area contributed by atoms with Crippen LogP contribution in [0.2, 0.25) is 0 Å². The van der Waals surface area contributed by atoms with Crippen molar-refractivity contribution in [1.29, 1.82) is 0 Å². The smallest absolute Gasteiger partial charge is 0.152 e. The van der Waals surface area contributed by atoms with Crippen LogP contribution in [0.4, 0.5) is 11.5 Å². The van der Waals surface area contributed by atoms with Gasteiger partial charge in [0.15, 0.2) is 9.84 Å². The number of sulfone groups is 1. The zero-order valence-corrected chi connectivity index (χ0v) is 11.8. The van der Waals surface area contributed by atoms with E-state index >= 15 is 0 Å². The molecule has 1 aromatic carbocycles. The Bertz CT molecular complexity index is 745. The van der Waals surface area contributed by atoms with E-state index in [-0.39, 0.29) is 11.5 Å². The van der Waals surface area contributed by atoms with E-state index in [1.807, 2.05) is 17.0 Å². The van der Waals surface area contributed by atoms with E-state index < -0.39 is 9.84 Å². The summed E-state index contributed by atoms with van der Waals surface area (Å²) in [6.07, 6.45) is 2.13. The van der Waals surface area contributed by atoms with Crippen molar-refractivity contribution >= 4 is 32.2 Å². The fourth-order valence-corrected chi connectivity index (χ4v) is 3.73. The highest BCUT2D eigenvalue weighted by Crippen LogP contribution is 2.25. The fourth-order valence-electron chi connectivity index (χ4n) is 2.46. The standard InChI is InChI=1S/C13H16N4O2S/c14-10-2-3-12-11(8-10)13(16-9-15-12)17-4-1-6-20(18,19)7-5-17/h2-3,8-9H,1,4-7,14H2. The zero-order chi connectivity index (χ0) is 14.2. The van der Waals surface area contributed by atoms with Crippen molar-refractivity contribution in [2.45, 2.75) is 6.42 Å². The molecule has 2 aromatic rings. The van der Waals surface area contributed by atoms with E-state index in [9.17, 15) is 8.42 Å². The summed E-state index contributed by atoms with van der Waals surface area (Å²) in [6.45, 7) is 1.14. The van der Waals surface area contributed by atoms with Gasteiger partial charge in [0.05, 0.1) is 17.0 Å². The van der Waals surface area contributed by atoms with Crippen LogP contribution >= 0.6 is 0 Å². The molecule has 0 bridgehead atoms. The maximum atomic E-state index is 11.7. The second-order valence-corrected chi connectivity index (χ2v) is 7.27. The van der Waals surface area contributed by atoms with Crippen molar-refractivity contribution in [3.05, 3.63) is 24.5 Å². The van der Waals surface area contributed by atoms with Gasteiger partial charge in [0, 0.05) is 24.2 Å². The van der Waals surface area contributed by atoms with Gasteiger partial charge >= 0.3 is 0 Å². The summed E-state index contributed by atoms with van der Waals surface area (Å²) in [7, 11) is -2.93. The Morgan fingerprint density at radius 1 is 1.15 bits per heavy atom. The predicted molar refractivity (Wildman–Crippen MR) is 79.4 cm³/mol. The minimum atomic E-state index is -2.93. The quantitative estimate of drug-likeness (QED) is 0.783. The highest BCUT2D eigenvalue weighted by molar-refractivity contribution is 7.91. The molecule has 0 radical (unpaired) electrons. The summed E-state index contributed by atoms with van der Waals surface area (Å²) in [6, 6.07) is 5.49. The third-order valence-electron chi connectivity index (χ3n) is 3.49. The molecule has 3 rings (SSSR count). The molecular formula is C13H16N4O2S. The van der Waals surface area contributed by atoms with E-state index in [0.29, 0.717) is 25.2 Å². The minimum absolute atomic E-state index is 0.167. The molecule has 6 nitrogen and oxygen atoms in total. The van der Waals surface area contributed by atoms with Crippen LogP contribution in [0, 0.1) is 0 Å². The van der Waals surface area contributed by atoms with Gasteiger partial charge in [-0.15, -0.1) is 0 Å². The van der Waals surface area contributed by atoms with Crippen LogP contribution in [-0.4, -0.2) is 43.0 Å². The number of nitrogens with two attached hydrogens (primary N) is 1. The first-order valence-electron chi connectivity index (χ1n) is 6.51. The second kappa shape index (κ2) is 4.90. The van der Waals surface area contributed by atoms with Gasteiger partial charge in [0.1, 0.15) is 12.1 Å². The molecule has 1 aliphatic rings. The van der Waals surface area contributed by atoms with Crippen LogP contribution in [0.15, 0.2) is 24.5 Å². The van der Waals surface area contributed by atoms with Gasteiger partial charge in [-0.05, 0) is 24.6 Å². The lowest BCUT2D eigenvalue weighted by molar-refractivity contribution is 0.597. The summed E-state index contributed by atoms with van der Waals surface area (Å²) in [5, 5.41) is 0.867. The van der Waals surface area contributed by atoms with Crippen LogP contribution in [0.3, 0.4) is 0 Å². The Morgan fingerprint density at radius 2 is 2.00 bits per heavy atom. The molecule has 0 atom stereocenters. The molecule has 20 heavy (non-hydrogen) atoms. The lowest BCUT2D eigenvalue weighted by atomic mass is 10.2. The molecule has 106 valence electrons. The Kier molecular flexibility index (Phi) is 3.21. The maximum absolute atomic E-state index is 11.7. The number of benzene rings is 1. The molecule has 0 amide bonds. The number of fused-ring (bicyclic) bond motifs is 1. The Balaban J connectivity index is 2.03. The Hall–Kier alpha value is -1.89. The third-order valence-corrected chi connectivity index (χ3v) is 5.21. The Labute approximate surface area is 117 Å². The van der Waals surface area contributed by atoms with Crippen molar-refractivity contribution in [1.82, 2.24) is 9.97 Å². The Morgan fingerprint density at radius 3 is 2.85 bits per heavy atom. The fraction of sp³-hybridized carbons (Fsp3) is 0.385.